The summed E-state index contributed by atoms with van der Waals surface area (Å²) in [6.45, 7) is 4.02. The van der Waals surface area contributed by atoms with Crippen molar-refractivity contribution < 1.29 is 13.9 Å². The van der Waals surface area contributed by atoms with Gasteiger partial charge in [0, 0.05) is 26.6 Å². The number of nitrogens with zero attached hydrogens (tertiary/aromatic N) is 3. The van der Waals surface area contributed by atoms with Gasteiger partial charge in [0.05, 0.1) is 23.0 Å². The summed E-state index contributed by atoms with van der Waals surface area (Å²) in [6.07, 6.45) is 5.89. The SMILES string of the molecule is CC(=O)N[C@@H]1C[C@@H]2CN(c3ncnc4cccc(F)c34)C[C@@H]2C[C@H]1OCC1CC1. The van der Waals surface area contributed by atoms with E-state index in [0.29, 0.717) is 34.5 Å². The van der Waals surface area contributed by atoms with Crippen LogP contribution in [0, 0.1) is 23.6 Å². The van der Waals surface area contributed by atoms with Crippen molar-refractivity contribution in [3.8, 4) is 0 Å². The van der Waals surface area contributed by atoms with Gasteiger partial charge in [0.1, 0.15) is 18.0 Å². The van der Waals surface area contributed by atoms with E-state index < -0.39 is 0 Å². The van der Waals surface area contributed by atoms with E-state index in [4.69, 9.17) is 4.74 Å². The van der Waals surface area contributed by atoms with Crippen molar-refractivity contribution in [2.45, 2.75) is 44.8 Å². The predicted molar refractivity (Wildman–Crippen MR) is 108 cm³/mol. The van der Waals surface area contributed by atoms with E-state index in [2.05, 4.69) is 20.2 Å². The zero-order chi connectivity index (χ0) is 20.0. The minimum Gasteiger partial charge on any atom is -0.376 e. The smallest absolute Gasteiger partial charge is 0.217 e. The van der Waals surface area contributed by atoms with Gasteiger partial charge in [0.25, 0.3) is 0 Å². The van der Waals surface area contributed by atoms with Crippen LogP contribution in [0.4, 0.5) is 10.2 Å². The highest BCUT2D eigenvalue weighted by Crippen LogP contribution is 2.41. The predicted octanol–water partition coefficient (Wildman–Crippen LogP) is 2.92. The lowest BCUT2D eigenvalue weighted by Gasteiger charge is -2.38. The summed E-state index contributed by atoms with van der Waals surface area (Å²) < 4.78 is 20.8. The Labute approximate surface area is 169 Å². The van der Waals surface area contributed by atoms with Crippen LogP contribution in [0.5, 0.6) is 0 Å². The number of benzene rings is 1. The number of carbonyl (C=O) groups is 1. The van der Waals surface area contributed by atoms with Crippen molar-refractivity contribution in [3.05, 3.63) is 30.3 Å². The van der Waals surface area contributed by atoms with E-state index in [0.717, 1.165) is 32.5 Å². The molecule has 4 atom stereocenters. The number of hydrogen-bond acceptors (Lipinski definition) is 5. The molecule has 3 aliphatic rings. The Kier molecular flexibility index (Phi) is 4.86. The van der Waals surface area contributed by atoms with Gasteiger partial charge in [-0.05, 0) is 55.6 Å². The molecule has 154 valence electrons. The second kappa shape index (κ2) is 7.52. The summed E-state index contributed by atoms with van der Waals surface area (Å²) in [7, 11) is 0. The maximum atomic E-state index is 14.5. The number of carbonyl (C=O) groups excluding carboxylic acids is 1. The molecule has 2 heterocycles. The Balaban J connectivity index is 1.36. The number of aromatic nitrogens is 2. The molecule has 2 aliphatic carbocycles. The van der Waals surface area contributed by atoms with Crippen molar-refractivity contribution in [2.75, 3.05) is 24.6 Å². The Bertz CT molecular complexity index is 914. The molecular weight excluding hydrogens is 371 g/mol. The largest absolute Gasteiger partial charge is 0.376 e. The summed E-state index contributed by atoms with van der Waals surface area (Å²) >= 11 is 0. The number of ether oxygens (including phenoxy) is 1. The van der Waals surface area contributed by atoms with Crippen molar-refractivity contribution >= 4 is 22.6 Å². The van der Waals surface area contributed by atoms with Gasteiger partial charge >= 0.3 is 0 Å². The molecule has 1 saturated heterocycles. The zero-order valence-electron chi connectivity index (χ0n) is 16.7. The fourth-order valence-corrected chi connectivity index (χ4v) is 5.02. The topological polar surface area (TPSA) is 67.4 Å². The molecule has 0 unspecified atom stereocenters. The summed E-state index contributed by atoms with van der Waals surface area (Å²) in [6, 6.07) is 5.01. The monoisotopic (exact) mass is 398 g/mol. The second-order valence-corrected chi connectivity index (χ2v) is 8.85. The average molecular weight is 398 g/mol. The maximum Gasteiger partial charge on any atom is 0.217 e. The van der Waals surface area contributed by atoms with Crippen LogP contribution in [-0.2, 0) is 9.53 Å². The third-order valence-electron chi connectivity index (χ3n) is 6.64. The molecular formula is C22H27FN4O2. The first-order chi connectivity index (χ1) is 14.1. The third-order valence-corrected chi connectivity index (χ3v) is 6.64. The number of anilines is 1. The van der Waals surface area contributed by atoms with Crippen LogP contribution < -0.4 is 10.2 Å². The number of amides is 1. The Morgan fingerprint density at radius 3 is 2.79 bits per heavy atom. The van der Waals surface area contributed by atoms with Crippen LogP contribution in [0.15, 0.2) is 24.5 Å². The van der Waals surface area contributed by atoms with Gasteiger partial charge in [-0.2, -0.15) is 0 Å². The van der Waals surface area contributed by atoms with Crippen LogP contribution >= 0.6 is 0 Å². The van der Waals surface area contributed by atoms with Gasteiger partial charge in [-0.3, -0.25) is 4.79 Å². The van der Waals surface area contributed by atoms with Gasteiger partial charge in [-0.25, -0.2) is 14.4 Å². The number of fused-ring (bicyclic) bond motifs is 2. The molecule has 0 spiro atoms. The van der Waals surface area contributed by atoms with E-state index in [1.165, 1.54) is 25.2 Å². The van der Waals surface area contributed by atoms with Gasteiger partial charge in [0.2, 0.25) is 5.91 Å². The molecule has 3 fully saturated rings. The second-order valence-electron chi connectivity index (χ2n) is 8.85. The molecule has 5 rings (SSSR count). The number of nitrogens with one attached hydrogen (secondary N) is 1. The van der Waals surface area contributed by atoms with Gasteiger partial charge in [0.15, 0.2) is 0 Å². The van der Waals surface area contributed by atoms with Gasteiger partial charge in [-0.15, -0.1) is 0 Å². The Hall–Kier alpha value is -2.28. The normalized spacial score (nSPS) is 29.1. The molecule has 2 aromatic rings. The summed E-state index contributed by atoms with van der Waals surface area (Å²) in [5, 5.41) is 3.61. The van der Waals surface area contributed by atoms with Crippen LogP contribution in [0.2, 0.25) is 0 Å². The van der Waals surface area contributed by atoms with E-state index in [9.17, 15) is 9.18 Å². The van der Waals surface area contributed by atoms with E-state index in [-0.39, 0.29) is 23.9 Å². The molecule has 6 nitrogen and oxygen atoms in total. The van der Waals surface area contributed by atoms with Crippen molar-refractivity contribution in [2.24, 2.45) is 17.8 Å². The van der Waals surface area contributed by atoms with E-state index in [1.807, 2.05) is 6.07 Å². The maximum absolute atomic E-state index is 14.5. The Morgan fingerprint density at radius 1 is 1.24 bits per heavy atom. The molecule has 1 amide bonds. The first-order valence-corrected chi connectivity index (χ1v) is 10.6. The van der Waals surface area contributed by atoms with E-state index in [1.54, 1.807) is 13.0 Å². The van der Waals surface area contributed by atoms with Crippen molar-refractivity contribution in [1.82, 2.24) is 15.3 Å². The number of halogens is 1. The van der Waals surface area contributed by atoms with Crippen LogP contribution in [-0.4, -0.2) is 47.7 Å². The third kappa shape index (κ3) is 3.80. The lowest BCUT2D eigenvalue weighted by Crippen LogP contribution is -2.50. The fraction of sp³-hybridized carbons (Fsp3) is 0.591. The highest BCUT2D eigenvalue weighted by molar-refractivity contribution is 5.90. The van der Waals surface area contributed by atoms with Crippen molar-refractivity contribution in [3.63, 3.8) is 0 Å². The standard InChI is InChI=1S/C22H27FN4O2/c1-13(28)26-19-7-15-9-27(10-16(15)8-20(19)29-11-14-5-6-14)22-21-17(23)3-2-4-18(21)24-12-25-22/h2-4,12,14-16,19-20H,5-11H2,1H3,(H,26,28)/t15-,16+,19-,20-/m1/s1. The molecule has 0 radical (unpaired) electrons. The first kappa shape index (κ1) is 18.7. The highest BCUT2D eigenvalue weighted by Gasteiger charge is 2.44. The zero-order valence-corrected chi connectivity index (χ0v) is 16.7. The summed E-state index contributed by atoms with van der Waals surface area (Å²) in [4.78, 5) is 22.6. The first-order valence-electron chi connectivity index (χ1n) is 10.6. The number of hydrogen-bond donors (Lipinski definition) is 1. The minimum atomic E-state index is -0.283. The molecule has 1 aliphatic heterocycles. The van der Waals surface area contributed by atoms with E-state index >= 15 is 0 Å². The van der Waals surface area contributed by atoms with Crippen molar-refractivity contribution in [1.29, 1.82) is 0 Å². The van der Waals surface area contributed by atoms with Crippen LogP contribution in [0.1, 0.15) is 32.6 Å². The average Bonchev–Trinajstić information content (AvgIpc) is 3.43. The molecule has 1 aromatic heterocycles. The summed E-state index contributed by atoms with van der Waals surface area (Å²) in [5.74, 6) is 1.97. The number of rotatable bonds is 5. The quantitative estimate of drug-likeness (QED) is 0.839. The summed E-state index contributed by atoms with van der Waals surface area (Å²) in [5.41, 5.74) is 0.631. The van der Waals surface area contributed by atoms with Crippen LogP contribution in [0.3, 0.4) is 0 Å². The molecule has 1 N–H and O–H groups in total. The molecule has 1 aromatic carbocycles. The molecule has 0 bridgehead atoms. The van der Waals surface area contributed by atoms with Gasteiger partial charge < -0.3 is 15.0 Å². The Morgan fingerprint density at radius 2 is 2.03 bits per heavy atom. The molecule has 2 saturated carbocycles. The minimum absolute atomic E-state index is 0.00723. The molecule has 29 heavy (non-hydrogen) atoms. The fourth-order valence-electron chi connectivity index (χ4n) is 5.02. The lowest BCUT2D eigenvalue weighted by molar-refractivity contribution is -0.122. The van der Waals surface area contributed by atoms with Crippen LogP contribution in [0.25, 0.3) is 10.9 Å². The lowest BCUT2D eigenvalue weighted by atomic mass is 9.77. The van der Waals surface area contributed by atoms with Gasteiger partial charge in [-0.1, -0.05) is 6.07 Å². The molecule has 7 heteroatoms. The highest BCUT2D eigenvalue weighted by atomic mass is 19.1.